The maximum atomic E-state index is 8.63. The van der Waals surface area contributed by atoms with Gasteiger partial charge in [0.15, 0.2) is 0 Å². The minimum Gasteiger partial charge on any atom is -0.508 e. The molecule has 0 unspecified atom stereocenters. The van der Waals surface area contributed by atoms with Gasteiger partial charge in [0.05, 0.1) is 6.20 Å². The van der Waals surface area contributed by atoms with Crippen molar-refractivity contribution < 1.29 is 9.90 Å². The molecule has 0 saturated carbocycles. The molecule has 0 spiro atoms. The Morgan fingerprint density at radius 3 is 2.00 bits per heavy atom. The number of anilines is 1. The standard InChI is InChI=1S/C6H6O.C3H4N4.CH2O/c7-6-4-2-1-3-5-6;4-3-1-2-5-7-6-3;1-2/h1-5,7H;1-2H,(H2,4,5,6);1H2. The molecule has 0 saturated heterocycles. The van der Waals surface area contributed by atoms with Gasteiger partial charge in [-0.2, -0.15) is 0 Å². The second kappa shape index (κ2) is 9.07. The number of aromatic hydroxyl groups is 1. The molecule has 0 aliphatic heterocycles. The van der Waals surface area contributed by atoms with E-state index in [4.69, 9.17) is 15.6 Å². The molecular formula is C10H12N4O2. The van der Waals surface area contributed by atoms with Gasteiger partial charge in [-0.1, -0.05) is 18.2 Å². The van der Waals surface area contributed by atoms with Crippen molar-refractivity contribution >= 4 is 12.6 Å². The maximum absolute atomic E-state index is 8.63. The van der Waals surface area contributed by atoms with Crippen LogP contribution in [-0.2, 0) is 4.79 Å². The molecule has 0 fully saturated rings. The molecule has 0 aliphatic rings. The fraction of sp³-hybridized carbons (Fsp3) is 0. The molecule has 84 valence electrons. The highest BCUT2D eigenvalue weighted by Gasteiger charge is 1.76. The van der Waals surface area contributed by atoms with E-state index < -0.39 is 0 Å². The van der Waals surface area contributed by atoms with Crippen molar-refractivity contribution in [2.24, 2.45) is 0 Å². The molecule has 0 atom stereocenters. The number of hydrogen-bond acceptors (Lipinski definition) is 6. The first-order valence-corrected chi connectivity index (χ1v) is 4.22. The Morgan fingerprint density at radius 2 is 1.75 bits per heavy atom. The number of nitrogens with two attached hydrogens (primary N) is 1. The Balaban J connectivity index is 0.000000244. The molecule has 6 heteroatoms. The van der Waals surface area contributed by atoms with Gasteiger partial charge in [-0.25, -0.2) is 0 Å². The van der Waals surface area contributed by atoms with E-state index in [1.807, 2.05) is 12.9 Å². The average molecular weight is 220 g/mol. The van der Waals surface area contributed by atoms with Crippen molar-refractivity contribution in [1.29, 1.82) is 0 Å². The molecule has 3 N–H and O–H groups in total. The van der Waals surface area contributed by atoms with Crippen molar-refractivity contribution in [3.05, 3.63) is 42.6 Å². The van der Waals surface area contributed by atoms with Crippen LogP contribution in [0.25, 0.3) is 0 Å². The third kappa shape index (κ3) is 6.96. The van der Waals surface area contributed by atoms with Crippen LogP contribution in [0.15, 0.2) is 42.6 Å². The number of carbonyl (C=O) groups is 1. The molecule has 0 bridgehead atoms. The van der Waals surface area contributed by atoms with Crippen LogP contribution in [-0.4, -0.2) is 27.3 Å². The molecule has 2 aromatic rings. The molecular weight excluding hydrogens is 208 g/mol. The number of rotatable bonds is 0. The molecule has 6 nitrogen and oxygen atoms in total. The maximum Gasteiger partial charge on any atom is 0.149 e. The molecule has 16 heavy (non-hydrogen) atoms. The quantitative estimate of drug-likeness (QED) is 0.676. The number of aromatic nitrogens is 3. The van der Waals surface area contributed by atoms with Gasteiger partial charge in [0.1, 0.15) is 18.4 Å². The topological polar surface area (TPSA) is 102 Å². The summed E-state index contributed by atoms with van der Waals surface area (Å²) in [5.41, 5.74) is 5.14. The third-order valence-electron chi connectivity index (χ3n) is 1.28. The lowest BCUT2D eigenvalue weighted by Crippen LogP contribution is -1.91. The van der Waals surface area contributed by atoms with Crippen molar-refractivity contribution in [3.63, 3.8) is 0 Å². The fourth-order valence-corrected chi connectivity index (χ4v) is 0.678. The molecule has 1 aromatic carbocycles. The summed E-state index contributed by atoms with van der Waals surface area (Å²) in [4.78, 5) is 8.00. The molecule has 1 aromatic heterocycles. The van der Waals surface area contributed by atoms with E-state index in [9.17, 15) is 0 Å². The van der Waals surface area contributed by atoms with Gasteiger partial charge in [0, 0.05) is 6.07 Å². The smallest absolute Gasteiger partial charge is 0.149 e. The zero-order valence-electron chi connectivity index (χ0n) is 8.52. The molecule has 0 aliphatic carbocycles. The van der Waals surface area contributed by atoms with E-state index in [1.165, 1.54) is 6.20 Å². The van der Waals surface area contributed by atoms with Gasteiger partial charge in [0.25, 0.3) is 0 Å². The van der Waals surface area contributed by atoms with Crippen LogP contribution in [0.4, 0.5) is 5.82 Å². The van der Waals surface area contributed by atoms with Crippen molar-refractivity contribution in [3.8, 4) is 5.75 Å². The van der Waals surface area contributed by atoms with Gasteiger partial charge >= 0.3 is 0 Å². The van der Waals surface area contributed by atoms with Crippen molar-refractivity contribution in [2.75, 3.05) is 5.73 Å². The summed E-state index contributed by atoms with van der Waals surface area (Å²) in [7, 11) is 0. The normalized spacial score (nSPS) is 7.75. The van der Waals surface area contributed by atoms with Crippen LogP contribution in [0, 0.1) is 0 Å². The summed E-state index contributed by atoms with van der Waals surface area (Å²) in [6.45, 7) is 2.00. The Labute approximate surface area is 92.8 Å². The summed E-state index contributed by atoms with van der Waals surface area (Å²) >= 11 is 0. The number of para-hydroxylation sites is 1. The zero-order valence-corrected chi connectivity index (χ0v) is 8.52. The lowest BCUT2D eigenvalue weighted by Gasteiger charge is -1.82. The number of nitrogen functional groups attached to an aromatic ring is 1. The largest absolute Gasteiger partial charge is 0.508 e. The highest BCUT2D eigenvalue weighted by atomic mass is 16.3. The lowest BCUT2D eigenvalue weighted by molar-refractivity contribution is -0.0979. The minimum atomic E-state index is 0.322. The Morgan fingerprint density at radius 1 is 1.12 bits per heavy atom. The Hall–Kier alpha value is -2.50. The van der Waals surface area contributed by atoms with E-state index >= 15 is 0 Å². The Kier molecular flexibility index (Phi) is 7.65. The fourth-order valence-electron chi connectivity index (χ4n) is 0.678. The van der Waals surface area contributed by atoms with Crippen LogP contribution >= 0.6 is 0 Å². The van der Waals surface area contributed by atoms with E-state index in [0.29, 0.717) is 11.6 Å². The highest BCUT2D eigenvalue weighted by molar-refractivity contribution is 5.21. The van der Waals surface area contributed by atoms with E-state index in [2.05, 4.69) is 15.4 Å². The SMILES string of the molecule is C=O.Nc1ccnnn1.Oc1ccccc1. The predicted molar refractivity (Wildman–Crippen MR) is 59.5 cm³/mol. The predicted octanol–water partition coefficient (Wildman–Crippen LogP) is 0.661. The number of phenolic OH excluding ortho intramolecular Hbond substituents is 1. The average Bonchev–Trinajstić information content (AvgIpc) is 2.34. The van der Waals surface area contributed by atoms with E-state index in [0.717, 1.165) is 0 Å². The monoisotopic (exact) mass is 220 g/mol. The van der Waals surface area contributed by atoms with Crippen molar-refractivity contribution in [2.45, 2.75) is 0 Å². The number of nitrogens with zero attached hydrogens (tertiary/aromatic N) is 3. The molecule has 1 heterocycles. The van der Waals surface area contributed by atoms with E-state index in [-0.39, 0.29) is 0 Å². The second-order valence-corrected chi connectivity index (χ2v) is 2.38. The number of hydrogen-bond donors (Lipinski definition) is 2. The first-order valence-electron chi connectivity index (χ1n) is 4.22. The first-order chi connectivity index (χ1) is 7.79. The summed E-state index contributed by atoms with van der Waals surface area (Å²) in [5.74, 6) is 0.720. The molecule has 0 amide bonds. The van der Waals surface area contributed by atoms with Gasteiger partial charge in [-0.15, -0.1) is 10.2 Å². The number of carbonyl (C=O) groups excluding carboxylic acids is 1. The lowest BCUT2D eigenvalue weighted by atomic mass is 10.3. The summed E-state index contributed by atoms with van der Waals surface area (Å²) in [6.07, 6.45) is 1.49. The van der Waals surface area contributed by atoms with Crippen LogP contribution in [0.5, 0.6) is 5.75 Å². The Bertz CT molecular complexity index is 332. The van der Waals surface area contributed by atoms with Gasteiger partial charge in [-0.05, 0) is 17.3 Å². The van der Waals surface area contributed by atoms with Crippen LogP contribution in [0.3, 0.4) is 0 Å². The van der Waals surface area contributed by atoms with E-state index in [1.54, 1.807) is 30.3 Å². The first kappa shape index (κ1) is 13.5. The van der Waals surface area contributed by atoms with Crippen LogP contribution in [0.2, 0.25) is 0 Å². The molecule has 0 radical (unpaired) electrons. The number of phenols is 1. The van der Waals surface area contributed by atoms with Crippen LogP contribution in [0.1, 0.15) is 0 Å². The highest BCUT2D eigenvalue weighted by Crippen LogP contribution is 2.02. The minimum absolute atomic E-state index is 0.322. The number of benzene rings is 1. The third-order valence-corrected chi connectivity index (χ3v) is 1.28. The van der Waals surface area contributed by atoms with Gasteiger partial charge < -0.3 is 15.6 Å². The van der Waals surface area contributed by atoms with Gasteiger partial charge in [-0.3, -0.25) is 0 Å². The summed E-state index contributed by atoms with van der Waals surface area (Å²) in [5, 5.41) is 18.7. The van der Waals surface area contributed by atoms with Crippen molar-refractivity contribution in [1.82, 2.24) is 15.4 Å². The molecule has 2 rings (SSSR count). The summed E-state index contributed by atoms with van der Waals surface area (Å²) in [6, 6.07) is 10.3. The summed E-state index contributed by atoms with van der Waals surface area (Å²) < 4.78 is 0. The van der Waals surface area contributed by atoms with Crippen LogP contribution < -0.4 is 5.73 Å². The zero-order chi connectivity index (χ0) is 12.2. The van der Waals surface area contributed by atoms with Gasteiger partial charge in [0.2, 0.25) is 0 Å². The second-order valence-electron chi connectivity index (χ2n) is 2.38.